The molecule has 6 heteroatoms. The van der Waals surface area contributed by atoms with Crippen molar-refractivity contribution < 1.29 is 9.53 Å². The second kappa shape index (κ2) is 5.99. The van der Waals surface area contributed by atoms with E-state index < -0.39 is 0 Å². The number of esters is 1. The molecule has 2 saturated carbocycles. The van der Waals surface area contributed by atoms with E-state index in [2.05, 4.69) is 22.2 Å². The van der Waals surface area contributed by atoms with Crippen molar-refractivity contribution in [2.75, 3.05) is 12.4 Å². The molecule has 24 heavy (non-hydrogen) atoms. The lowest BCUT2D eigenvalue weighted by molar-refractivity contribution is 0.0605. The number of fused-ring (bicyclic) bond motifs is 3. The molecule has 0 aromatic carbocycles. The molecule has 4 unspecified atom stereocenters. The zero-order valence-electron chi connectivity index (χ0n) is 14.3. The molecule has 4 rings (SSSR count). The number of aryl methyl sites for hydroxylation is 1. The van der Waals surface area contributed by atoms with Gasteiger partial charge >= 0.3 is 5.97 Å². The van der Waals surface area contributed by atoms with Gasteiger partial charge in [0.1, 0.15) is 21.9 Å². The summed E-state index contributed by atoms with van der Waals surface area (Å²) in [7, 11) is 1.41. The first kappa shape index (κ1) is 15.8. The molecule has 5 nitrogen and oxygen atoms in total. The molecule has 2 fully saturated rings. The van der Waals surface area contributed by atoms with Gasteiger partial charge < -0.3 is 10.1 Å². The highest BCUT2D eigenvalue weighted by Gasteiger charge is 2.42. The van der Waals surface area contributed by atoms with E-state index in [1.165, 1.54) is 44.1 Å². The van der Waals surface area contributed by atoms with Crippen LogP contribution in [0.15, 0.2) is 6.33 Å². The maximum Gasteiger partial charge on any atom is 0.348 e. The van der Waals surface area contributed by atoms with Gasteiger partial charge in [-0.2, -0.15) is 0 Å². The Balaban J connectivity index is 1.64. The summed E-state index contributed by atoms with van der Waals surface area (Å²) < 4.78 is 4.89. The number of carbonyl (C=O) groups excluding carboxylic acids is 1. The molecule has 0 spiro atoms. The van der Waals surface area contributed by atoms with E-state index >= 15 is 0 Å². The average Bonchev–Trinajstić information content (AvgIpc) is 3.29. The fraction of sp³-hybridized carbons (Fsp3) is 0.611. The molecular weight excluding hydrogens is 322 g/mol. The zero-order valence-corrected chi connectivity index (χ0v) is 15.2. The maximum absolute atomic E-state index is 12.0. The molecule has 2 aromatic rings. The van der Waals surface area contributed by atoms with Crippen LogP contribution in [0.4, 0.5) is 5.82 Å². The second-order valence-corrected chi connectivity index (χ2v) is 8.22. The number of carbonyl (C=O) groups is 1. The zero-order chi connectivity index (χ0) is 16.8. The predicted octanol–water partition coefficient (Wildman–Crippen LogP) is 4.02. The van der Waals surface area contributed by atoms with E-state index in [0.717, 1.165) is 39.4 Å². The lowest BCUT2D eigenvalue weighted by Crippen LogP contribution is -2.30. The average molecular weight is 345 g/mol. The Labute approximate surface area is 145 Å². The number of ether oxygens (including phenoxy) is 1. The maximum atomic E-state index is 12.0. The van der Waals surface area contributed by atoms with Crippen molar-refractivity contribution in [3.8, 4) is 0 Å². The van der Waals surface area contributed by atoms with Gasteiger partial charge in [0.15, 0.2) is 0 Å². The molecule has 2 aromatic heterocycles. The van der Waals surface area contributed by atoms with E-state index in [4.69, 9.17) is 4.74 Å². The molecule has 128 valence electrons. The Bertz CT molecular complexity index is 788. The molecule has 2 heterocycles. The minimum atomic E-state index is -0.303. The summed E-state index contributed by atoms with van der Waals surface area (Å²) in [5.41, 5.74) is 0.907. The van der Waals surface area contributed by atoms with Gasteiger partial charge in [-0.15, -0.1) is 11.3 Å². The molecule has 2 aliphatic rings. The number of methoxy groups -OCH3 is 1. The van der Waals surface area contributed by atoms with Crippen LogP contribution >= 0.6 is 11.3 Å². The van der Waals surface area contributed by atoms with Gasteiger partial charge in [-0.05, 0) is 56.4 Å². The fourth-order valence-corrected chi connectivity index (χ4v) is 5.76. The van der Waals surface area contributed by atoms with Crippen LogP contribution in [0.3, 0.4) is 0 Å². The van der Waals surface area contributed by atoms with Gasteiger partial charge in [-0.3, -0.25) is 0 Å². The molecule has 4 atom stereocenters. The minimum absolute atomic E-state index is 0.303. The predicted molar refractivity (Wildman–Crippen MR) is 95.5 cm³/mol. The second-order valence-electron chi connectivity index (χ2n) is 7.22. The van der Waals surface area contributed by atoms with E-state index in [0.29, 0.717) is 10.9 Å². The number of thiophene rings is 1. The van der Waals surface area contributed by atoms with Gasteiger partial charge in [0.2, 0.25) is 0 Å². The first-order chi connectivity index (χ1) is 11.6. The highest BCUT2D eigenvalue weighted by molar-refractivity contribution is 7.20. The minimum Gasteiger partial charge on any atom is -0.465 e. The SMILES string of the molecule is COC(=O)c1sc2ncnc(NC(C)C3CC4CCC3C4)c2c1C. The van der Waals surface area contributed by atoms with Crippen molar-refractivity contribution in [1.82, 2.24) is 9.97 Å². The van der Waals surface area contributed by atoms with Gasteiger partial charge in [0.25, 0.3) is 0 Å². The summed E-state index contributed by atoms with van der Waals surface area (Å²) >= 11 is 1.38. The molecule has 0 aliphatic heterocycles. The Morgan fingerprint density at radius 3 is 2.88 bits per heavy atom. The lowest BCUT2D eigenvalue weighted by atomic mass is 9.84. The lowest BCUT2D eigenvalue weighted by Gasteiger charge is -2.29. The smallest absolute Gasteiger partial charge is 0.348 e. The van der Waals surface area contributed by atoms with Gasteiger partial charge in [0.05, 0.1) is 12.5 Å². The Morgan fingerprint density at radius 2 is 2.21 bits per heavy atom. The number of hydrogen-bond donors (Lipinski definition) is 1. The molecule has 0 amide bonds. The van der Waals surface area contributed by atoms with Crippen LogP contribution in [0.1, 0.15) is 47.8 Å². The molecule has 2 aliphatic carbocycles. The summed E-state index contributed by atoms with van der Waals surface area (Å²) in [5.74, 6) is 3.07. The topological polar surface area (TPSA) is 64.1 Å². The van der Waals surface area contributed by atoms with Crippen LogP contribution in [0, 0.1) is 24.7 Å². The van der Waals surface area contributed by atoms with Crippen molar-refractivity contribution >= 4 is 33.3 Å². The summed E-state index contributed by atoms with van der Waals surface area (Å²) in [6, 6.07) is 0.388. The van der Waals surface area contributed by atoms with Gasteiger partial charge in [0, 0.05) is 6.04 Å². The van der Waals surface area contributed by atoms with Gasteiger partial charge in [-0.25, -0.2) is 14.8 Å². The number of rotatable bonds is 4. The third kappa shape index (κ3) is 2.48. The third-order valence-corrected chi connectivity index (χ3v) is 7.08. The Kier molecular flexibility index (Phi) is 3.95. The molecule has 1 N–H and O–H groups in total. The van der Waals surface area contributed by atoms with Crippen molar-refractivity contribution in [1.29, 1.82) is 0 Å². The standard InChI is InChI=1S/C18H23N3O2S/c1-9-14-16(19-8-20-17(14)24-15(9)18(22)23-3)21-10(2)13-7-11-4-5-12(13)6-11/h8,10-13H,4-7H2,1-3H3,(H,19,20,21). The van der Waals surface area contributed by atoms with Crippen LogP contribution < -0.4 is 5.32 Å². The van der Waals surface area contributed by atoms with E-state index in [-0.39, 0.29) is 5.97 Å². The molecule has 0 saturated heterocycles. The van der Waals surface area contributed by atoms with Crippen molar-refractivity contribution in [3.63, 3.8) is 0 Å². The van der Waals surface area contributed by atoms with Crippen LogP contribution in [0.2, 0.25) is 0 Å². The Morgan fingerprint density at radius 1 is 1.38 bits per heavy atom. The normalized spacial score (nSPS) is 26.7. The number of hydrogen-bond acceptors (Lipinski definition) is 6. The number of anilines is 1. The first-order valence-electron chi connectivity index (χ1n) is 8.67. The first-order valence-corrected chi connectivity index (χ1v) is 9.49. The monoisotopic (exact) mass is 345 g/mol. The fourth-order valence-electron chi connectivity index (χ4n) is 4.70. The van der Waals surface area contributed by atoms with Crippen LogP contribution in [0.5, 0.6) is 0 Å². The van der Waals surface area contributed by atoms with E-state index in [1.807, 2.05) is 6.92 Å². The summed E-state index contributed by atoms with van der Waals surface area (Å²) in [4.78, 5) is 22.2. The van der Waals surface area contributed by atoms with E-state index in [1.54, 1.807) is 6.33 Å². The summed E-state index contributed by atoms with van der Waals surface area (Å²) in [6.07, 6.45) is 7.11. The van der Waals surface area contributed by atoms with Crippen LogP contribution in [0.25, 0.3) is 10.2 Å². The van der Waals surface area contributed by atoms with Crippen LogP contribution in [-0.2, 0) is 4.74 Å². The van der Waals surface area contributed by atoms with Crippen molar-refractivity contribution in [2.45, 2.75) is 45.6 Å². The quantitative estimate of drug-likeness (QED) is 0.848. The van der Waals surface area contributed by atoms with Crippen molar-refractivity contribution in [2.24, 2.45) is 17.8 Å². The highest BCUT2D eigenvalue weighted by atomic mass is 32.1. The highest BCUT2D eigenvalue weighted by Crippen LogP contribution is 2.50. The Hall–Kier alpha value is -1.69. The molecule has 0 radical (unpaired) electrons. The largest absolute Gasteiger partial charge is 0.465 e. The third-order valence-electron chi connectivity index (χ3n) is 5.90. The molecular formula is C18H23N3O2S. The van der Waals surface area contributed by atoms with Crippen molar-refractivity contribution in [3.05, 3.63) is 16.8 Å². The van der Waals surface area contributed by atoms with Gasteiger partial charge in [-0.1, -0.05) is 6.42 Å². The van der Waals surface area contributed by atoms with E-state index in [9.17, 15) is 4.79 Å². The van der Waals surface area contributed by atoms with Crippen LogP contribution in [-0.4, -0.2) is 29.1 Å². The number of nitrogens with one attached hydrogen (secondary N) is 1. The summed E-state index contributed by atoms with van der Waals surface area (Å²) in [5, 5.41) is 4.58. The number of nitrogens with zero attached hydrogens (tertiary/aromatic N) is 2. The molecule has 2 bridgehead atoms. The summed E-state index contributed by atoms with van der Waals surface area (Å²) in [6.45, 7) is 4.21. The number of aromatic nitrogens is 2.